The van der Waals surface area contributed by atoms with Crippen LogP contribution >= 0.6 is 0 Å². The van der Waals surface area contributed by atoms with Crippen molar-refractivity contribution in [3.05, 3.63) is 17.8 Å². The van der Waals surface area contributed by atoms with Gasteiger partial charge in [-0.3, -0.25) is 0 Å². The van der Waals surface area contributed by atoms with E-state index in [0.717, 1.165) is 18.9 Å². The Morgan fingerprint density at radius 3 is 2.84 bits per heavy atom. The van der Waals surface area contributed by atoms with Crippen molar-refractivity contribution in [2.75, 3.05) is 17.6 Å². The van der Waals surface area contributed by atoms with Gasteiger partial charge in [-0.25, -0.2) is 9.78 Å². The zero-order valence-corrected chi connectivity index (χ0v) is 11.1. The predicted octanol–water partition coefficient (Wildman–Crippen LogP) is 2.74. The number of carboxylic acids is 1. The molecule has 0 spiro atoms. The number of hydrogen-bond acceptors (Lipinski definition) is 4. The first kappa shape index (κ1) is 13.6. The molecule has 0 atom stereocenters. The average molecular weight is 263 g/mol. The van der Waals surface area contributed by atoms with Crippen LogP contribution in [0.4, 0.5) is 11.5 Å². The highest BCUT2D eigenvalue weighted by Gasteiger charge is 2.15. The van der Waals surface area contributed by atoms with E-state index in [4.69, 9.17) is 10.8 Å². The maximum atomic E-state index is 11.1. The lowest BCUT2D eigenvalue weighted by Crippen LogP contribution is -2.15. The van der Waals surface area contributed by atoms with Crippen LogP contribution in [0.15, 0.2) is 12.3 Å². The van der Waals surface area contributed by atoms with E-state index >= 15 is 0 Å². The van der Waals surface area contributed by atoms with Crippen molar-refractivity contribution in [3.8, 4) is 0 Å². The molecule has 104 valence electrons. The summed E-state index contributed by atoms with van der Waals surface area (Å²) in [6.45, 7) is 0.766. The van der Waals surface area contributed by atoms with Gasteiger partial charge >= 0.3 is 5.97 Å². The number of aromatic nitrogens is 1. The van der Waals surface area contributed by atoms with Crippen LogP contribution in [0, 0.1) is 5.92 Å². The Hall–Kier alpha value is -1.78. The van der Waals surface area contributed by atoms with Crippen LogP contribution in [0.2, 0.25) is 0 Å². The molecule has 1 saturated carbocycles. The van der Waals surface area contributed by atoms with Crippen LogP contribution in [0.5, 0.6) is 0 Å². The third-order valence-corrected chi connectivity index (χ3v) is 3.71. The molecule has 2 rings (SSSR count). The van der Waals surface area contributed by atoms with Gasteiger partial charge in [-0.1, -0.05) is 32.1 Å². The van der Waals surface area contributed by atoms with E-state index in [2.05, 4.69) is 10.3 Å². The predicted molar refractivity (Wildman–Crippen MR) is 75.3 cm³/mol. The van der Waals surface area contributed by atoms with Crippen molar-refractivity contribution >= 4 is 17.5 Å². The first-order chi connectivity index (χ1) is 9.16. The van der Waals surface area contributed by atoms with Gasteiger partial charge in [0, 0.05) is 6.54 Å². The number of anilines is 2. The van der Waals surface area contributed by atoms with Gasteiger partial charge in [0.15, 0.2) is 0 Å². The third kappa shape index (κ3) is 3.84. The number of nitrogens with two attached hydrogens (primary N) is 1. The van der Waals surface area contributed by atoms with Crippen molar-refractivity contribution in [3.63, 3.8) is 0 Å². The van der Waals surface area contributed by atoms with Crippen molar-refractivity contribution in [2.45, 2.75) is 38.5 Å². The van der Waals surface area contributed by atoms with Crippen LogP contribution < -0.4 is 11.1 Å². The second-order valence-corrected chi connectivity index (χ2v) is 5.19. The number of aromatic carboxylic acids is 1. The van der Waals surface area contributed by atoms with Gasteiger partial charge in [0.25, 0.3) is 0 Å². The fourth-order valence-corrected chi connectivity index (χ4v) is 2.66. The first-order valence-corrected chi connectivity index (χ1v) is 6.89. The zero-order valence-electron chi connectivity index (χ0n) is 11.1. The summed E-state index contributed by atoms with van der Waals surface area (Å²) in [5.41, 5.74) is 6.07. The van der Waals surface area contributed by atoms with Crippen molar-refractivity contribution in [2.24, 2.45) is 5.92 Å². The number of hydrogen-bond donors (Lipinski definition) is 3. The topological polar surface area (TPSA) is 88.2 Å². The van der Waals surface area contributed by atoms with Gasteiger partial charge in [-0.05, 0) is 18.4 Å². The Kier molecular flexibility index (Phi) is 4.60. The molecule has 0 saturated heterocycles. The van der Waals surface area contributed by atoms with Gasteiger partial charge in [0.1, 0.15) is 11.4 Å². The molecule has 5 nitrogen and oxygen atoms in total. The number of pyridine rings is 1. The number of rotatable bonds is 5. The van der Waals surface area contributed by atoms with E-state index in [0.29, 0.717) is 11.5 Å². The van der Waals surface area contributed by atoms with Crippen molar-refractivity contribution in [1.82, 2.24) is 4.98 Å². The van der Waals surface area contributed by atoms with Crippen LogP contribution in [-0.2, 0) is 0 Å². The molecule has 1 aromatic heterocycles. The van der Waals surface area contributed by atoms with E-state index in [1.54, 1.807) is 0 Å². The molecule has 19 heavy (non-hydrogen) atoms. The molecule has 0 aliphatic heterocycles. The summed E-state index contributed by atoms with van der Waals surface area (Å²) in [6, 6.07) is 1.44. The molecular formula is C14H21N3O2. The lowest BCUT2D eigenvalue weighted by Gasteiger charge is -2.21. The van der Waals surface area contributed by atoms with Crippen molar-refractivity contribution in [1.29, 1.82) is 0 Å². The zero-order chi connectivity index (χ0) is 13.7. The molecule has 4 N–H and O–H groups in total. The molecule has 1 heterocycles. The number of carboxylic acid groups (broad SMARTS) is 1. The van der Waals surface area contributed by atoms with Crippen LogP contribution in [0.1, 0.15) is 48.9 Å². The lowest BCUT2D eigenvalue weighted by atomic mass is 9.87. The molecular weight excluding hydrogens is 242 g/mol. The summed E-state index contributed by atoms with van der Waals surface area (Å²) in [5, 5.41) is 12.2. The Morgan fingerprint density at radius 1 is 1.42 bits per heavy atom. The normalized spacial score (nSPS) is 16.2. The number of nitrogens with one attached hydrogen (secondary N) is 1. The molecule has 1 fully saturated rings. The monoisotopic (exact) mass is 263 g/mol. The smallest absolute Gasteiger partial charge is 0.339 e. The summed E-state index contributed by atoms with van der Waals surface area (Å²) in [6.07, 6.45) is 9.15. The highest BCUT2D eigenvalue weighted by molar-refractivity contribution is 5.94. The molecule has 1 aromatic rings. The van der Waals surface area contributed by atoms with Crippen LogP contribution in [0.3, 0.4) is 0 Å². The Labute approximate surface area is 113 Å². The standard InChI is InChI=1S/C14H21N3O2/c15-11-8-12(14(18)19)13(17-9-11)16-7-6-10-4-2-1-3-5-10/h8-10H,1-7,15H2,(H,16,17)(H,18,19). The highest BCUT2D eigenvalue weighted by Crippen LogP contribution is 2.26. The minimum absolute atomic E-state index is 0.142. The fraction of sp³-hybridized carbons (Fsp3) is 0.571. The Bertz CT molecular complexity index is 442. The Morgan fingerprint density at radius 2 is 2.16 bits per heavy atom. The van der Waals surface area contributed by atoms with E-state index in [-0.39, 0.29) is 5.56 Å². The second kappa shape index (κ2) is 6.41. The summed E-state index contributed by atoms with van der Waals surface area (Å²) >= 11 is 0. The van der Waals surface area contributed by atoms with Gasteiger partial charge in [-0.2, -0.15) is 0 Å². The number of nitrogen functional groups attached to an aromatic ring is 1. The van der Waals surface area contributed by atoms with Gasteiger partial charge in [-0.15, -0.1) is 0 Å². The molecule has 0 amide bonds. The minimum Gasteiger partial charge on any atom is -0.478 e. The van der Waals surface area contributed by atoms with E-state index in [9.17, 15) is 4.79 Å². The quantitative estimate of drug-likeness (QED) is 0.760. The van der Waals surface area contributed by atoms with Crippen LogP contribution in [0.25, 0.3) is 0 Å². The maximum absolute atomic E-state index is 11.1. The molecule has 0 unspecified atom stereocenters. The summed E-state index contributed by atoms with van der Waals surface area (Å²) in [5.74, 6) is 0.181. The second-order valence-electron chi connectivity index (χ2n) is 5.19. The number of nitrogens with zero attached hydrogens (tertiary/aromatic N) is 1. The minimum atomic E-state index is -1.00. The fourth-order valence-electron chi connectivity index (χ4n) is 2.66. The summed E-state index contributed by atoms with van der Waals surface area (Å²) < 4.78 is 0. The van der Waals surface area contributed by atoms with Gasteiger partial charge < -0.3 is 16.2 Å². The lowest BCUT2D eigenvalue weighted by molar-refractivity contribution is 0.0697. The van der Waals surface area contributed by atoms with Crippen LogP contribution in [-0.4, -0.2) is 22.6 Å². The molecule has 5 heteroatoms. The van der Waals surface area contributed by atoms with Gasteiger partial charge in [0.2, 0.25) is 0 Å². The largest absolute Gasteiger partial charge is 0.478 e. The van der Waals surface area contributed by atoms with Crippen molar-refractivity contribution < 1.29 is 9.90 Å². The summed E-state index contributed by atoms with van der Waals surface area (Å²) in [4.78, 5) is 15.2. The molecule has 1 aliphatic rings. The molecule has 0 radical (unpaired) electrons. The first-order valence-electron chi connectivity index (χ1n) is 6.89. The number of carbonyl (C=O) groups is 1. The maximum Gasteiger partial charge on any atom is 0.339 e. The Balaban J connectivity index is 1.89. The average Bonchev–Trinajstić information content (AvgIpc) is 2.41. The summed E-state index contributed by atoms with van der Waals surface area (Å²) in [7, 11) is 0. The SMILES string of the molecule is Nc1cnc(NCCC2CCCCC2)c(C(=O)O)c1. The van der Waals surface area contributed by atoms with Gasteiger partial charge in [0.05, 0.1) is 11.9 Å². The van der Waals surface area contributed by atoms with E-state index < -0.39 is 5.97 Å². The molecule has 1 aliphatic carbocycles. The molecule has 0 aromatic carbocycles. The van der Waals surface area contributed by atoms with E-state index in [1.807, 2.05) is 0 Å². The van der Waals surface area contributed by atoms with E-state index in [1.165, 1.54) is 44.4 Å². The molecule has 0 bridgehead atoms. The third-order valence-electron chi connectivity index (χ3n) is 3.71. The highest BCUT2D eigenvalue weighted by atomic mass is 16.4.